The first kappa shape index (κ1) is 100. The van der Waals surface area contributed by atoms with Crippen molar-refractivity contribution in [3.05, 3.63) is 229 Å². The van der Waals surface area contributed by atoms with Crippen LogP contribution in [0.15, 0.2) is 217 Å². The van der Waals surface area contributed by atoms with E-state index in [0.29, 0.717) is 81.1 Å². The summed E-state index contributed by atoms with van der Waals surface area (Å²) < 4.78 is 40.6. The van der Waals surface area contributed by atoms with Gasteiger partial charge in [-0.25, -0.2) is 5.10 Å². The fourth-order valence-corrected chi connectivity index (χ4v) is 19.7. The standard InChI is InChI=1S/C18H16BrN3O2S.C18H18N4O2S.2C17H14BrN3O2S.C15H14N4S.C3H5BrO2.C2H3N.CH3F.CH4.Na/c2*1-24-16(23)10-25-18-21-20-17(19)22(18)15-9-8-12(11-6-7-11)13-4-2-3-5-14(13)15;2*18-16-19-20-17(24-9-15(22)23)21(16)14-8-7-11(10-5-6-10)12-3-1-2-4-13(12)14;16-14-17-18-15(20)19(14)13-8-7-10(9-5-6-9)11-3-1-2-4-12(11)13;1-6-3(5)2-4;1-2-3;1-2;;/h2-5,8-9,11H,6-7,10H2,1H3;2-5,8-9,11H,6-7,10H2,1H3,(H2,19,20);2*1-4,7-8,10H,5-6,9H2,(H,22,23);1-4,7-9H,5-6H2,(H2,16,17)(H,18,20);2H2,1H3;1H3;1H3;1H4;/q;;;;;;;;;+1/p-1/i;;;;;;;1D;;. The van der Waals surface area contributed by atoms with Crippen LogP contribution in [0, 0.1) is 16.1 Å². The van der Waals surface area contributed by atoms with Crippen molar-refractivity contribution in [2.45, 2.75) is 129 Å². The van der Waals surface area contributed by atoms with Crippen molar-refractivity contribution in [1.29, 1.82) is 5.26 Å². The maximum absolute atomic E-state index is 11.5. The number of carboxylic acid groups (broad SMARTS) is 2. The third-order valence-electron chi connectivity index (χ3n) is 21.2. The van der Waals surface area contributed by atoms with Gasteiger partial charge in [0.15, 0.2) is 20.6 Å². The van der Waals surface area contributed by atoms with Gasteiger partial charge in [0.05, 0.1) is 87.6 Å². The molecule has 0 saturated heterocycles. The van der Waals surface area contributed by atoms with Gasteiger partial charge in [0.2, 0.25) is 30.9 Å². The summed E-state index contributed by atoms with van der Waals surface area (Å²) in [6.07, 6.45) is 12.6. The number of nitrogens with zero attached hydrogens (tertiary/aromatic N) is 15. The molecule has 0 radical (unpaired) electrons. The van der Waals surface area contributed by atoms with E-state index in [-0.39, 0.29) is 83.2 Å². The molecule has 5 fully saturated rings. The van der Waals surface area contributed by atoms with Crippen LogP contribution in [0.25, 0.3) is 82.3 Å². The minimum absolute atomic E-state index is 0. The van der Waals surface area contributed by atoms with Crippen LogP contribution in [-0.4, -0.2) is 166 Å². The Kier molecular flexibility index (Phi) is 36.8. The number of rotatable bonds is 23. The Morgan fingerprint density at radius 1 is 0.458 bits per heavy atom. The van der Waals surface area contributed by atoms with Crippen LogP contribution in [0.3, 0.4) is 0 Å². The van der Waals surface area contributed by atoms with Gasteiger partial charge in [-0.2, -0.15) is 5.26 Å². The number of hydrogen-bond acceptors (Lipinski definition) is 26. The number of carboxylic acids is 2. The number of ether oxygens (including phenoxy) is 3. The second-order valence-electron chi connectivity index (χ2n) is 29.6. The normalized spacial score (nSPS) is 13.4. The number of hydrogen-bond donors (Lipinski definition) is 4. The van der Waals surface area contributed by atoms with Crippen LogP contribution in [0.2, 0.25) is 0 Å². The summed E-state index contributed by atoms with van der Waals surface area (Å²) in [6.45, 7) is 1.43. The number of thioether (sulfide) groups is 4. The molecule has 5 aliphatic carbocycles. The van der Waals surface area contributed by atoms with E-state index in [1.54, 1.807) is 15.2 Å². The number of carbonyl (C=O) groups excluding carboxylic acids is 4. The van der Waals surface area contributed by atoms with Crippen molar-refractivity contribution >= 4 is 219 Å². The Balaban J connectivity index is 0.000000154. The summed E-state index contributed by atoms with van der Waals surface area (Å²) in [7, 11) is 3.10. The topological polar surface area (TPSA) is 389 Å². The van der Waals surface area contributed by atoms with Crippen molar-refractivity contribution in [3.63, 3.8) is 0 Å². The molecular formula is C92H90Br4FN18NaO10S5. The van der Waals surface area contributed by atoms with Gasteiger partial charge in [0.1, 0.15) is 5.33 Å². The molecule has 0 spiro atoms. The number of H-pyrrole nitrogens is 1. The summed E-state index contributed by atoms with van der Waals surface area (Å²) in [5.74, 6) is 1.35. The van der Waals surface area contributed by atoms with Gasteiger partial charge >= 0.3 is 53.4 Å². The van der Waals surface area contributed by atoms with E-state index in [4.69, 9.17) is 44.9 Å². The molecule has 6 N–H and O–H groups in total. The molecule has 5 saturated carbocycles. The molecule has 15 aromatic rings. The second kappa shape index (κ2) is 48.2. The fraction of sp³-hybridized carbons (Fsp3) is 0.283. The van der Waals surface area contributed by atoms with E-state index in [2.05, 4.69) is 265 Å². The Bertz CT molecular complexity index is 6430. The number of anilines is 2. The van der Waals surface area contributed by atoms with Crippen molar-refractivity contribution < 1.29 is 83.7 Å². The number of nitrogens with one attached hydrogen (secondary N) is 1. The van der Waals surface area contributed by atoms with E-state index in [1.165, 1.54) is 176 Å². The molecule has 0 bridgehead atoms. The molecule has 10 aromatic carbocycles. The molecule has 39 heteroatoms. The van der Waals surface area contributed by atoms with Crippen LogP contribution in [0.4, 0.5) is 16.3 Å². The zero-order valence-corrected chi connectivity index (χ0v) is 83.4. The molecule has 0 atom stereocenters. The summed E-state index contributed by atoms with van der Waals surface area (Å²) in [4.78, 5) is 54.5. The molecule has 5 aliphatic rings. The van der Waals surface area contributed by atoms with Crippen molar-refractivity contribution in [1.82, 2.24) is 73.8 Å². The zero-order valence-electron chi connectivity index (χ0n) is 71.9. The number of nitrogen functional groups attached to an aromatic ring is 2. The number of carbonyl (C=O) groups is 5. The summed E-state index contributed by atoms with van der Waals surface area (Å²) >= 11 is 23.4. The van der Waals surface area contributed by atoms with Gasteiger partial charge in [-0.15, -0.1) is 45.9 Å². The SMILES string of the molecule is C.CC#N.COC(=O)CBr.COC(=O)CSc1nnc(Br)n1-c1ccc(C2CC2)c2ccccc12.COC(=O)CSc1nnc(N)n1-c1ccc(C2CC2)c2ccccc12.Nc1n[nH]c(=S)n1-c1ccc(C2CC2)c2ccccc12.O=C(O)CSc1nnc(Br)n1-c1ccc(C2CC2)c2ccccc12.O=C([O-])CSc1nnc(Br)n1-c1ccc(C2CC2)c2ccccc12.[2H]CF.[Na+]. The maximum Gasteiger partial charge on any atom is 1.00 e. The summed E-state index contributed by atoms with van der Waals surface area (Å²) in [5.41, 5.74) is 23.8. The average molecular weight is 2130 g/mol. The second-order valence-corrected chi connectivity index (χ2v) is 36.5. The number of halogens is 5. The number of aromatic nitrogens is 15. The van der Waals surface area contributed by atoms with Gasteiger partial charge in [0, 0.05) is 39.6 Å². The van der Waals surface area contributed by atoms with Gasteiger partial charge in [-0.1, -0.05) is 222 Å². The van der Waals surface area contributed by atoms with Crippen molar-refractivity contribution in [3.8, 4) is 34.5 Å². The minimum atomic E-state index is -1.13. The first-order valence-electron chi connectivity index (χ1n) is 41.2. The quantitative estimate of drug-likeness (QED) is 0.0115. The zero-order chi connectivity index (χ0) is 92.2. The maximum atomic E-state index is 11.5. The molecule has 5 aromatic heterocycles. The molecule has 28 nitrogen and oxygen atoms in total. The monoisotopic (exact) mass is 2130 g/mol. The number of methoxy groups -OCH3 is 3. The predicted octanol–water partition coefficient (Wildman–Crippen LogP) is 17.5. The third kappa shape index (κ3) is 25.2. The summed E-state index contributed by atoms with van der Waals surface area (Å²) in [6, 6.07) is 64.8. The van der Waals surface area contributed by atoms with Gasteiger partial charge < -0.3 is 40.7 Å². The number of aromatic amines is 1. The Labute approximate surface area is 833 Å². The van der Waals surface area contributed by atoms with Crippen LogP contribution in [0.5, 0.6) is 0 Å². The molecule has 5 heterocycles. The molecular weight excluding hydrogens is 2040 g/mol. The van der Waals surface area contributed by atoms with Gasteiger partial charge in [-0.3, -0.25) is 46.4 Å². The van der Waals surface area contributed by atoms with Crippen LogP contribution in [-0.2, 0) is 38.2 Å². The third-order valence-corrected chi connectivity index (χ3v) is 27.1. The van der Waals surface area contributed by atoms with Crippen LogP contribution in [0.1, 0.15) is 137 Å². The van der Waals surface area contributed by atoms with Crippen LogP contribution < -0.4 is 46.1 Å². The number of alkyl halides is 2. The molecule has 0 amide bonds. The molecule has 0 unspecified atom stereocenters. The molecule has 674 valence electrons. The van der Waals surface area contributed by atoms with E-state index in [1.807, 2.05) is 50.1 Å². The van der Waals surface area contributed by atoms with E-state index in [0.717, 1.165) is 73.5 Å². The van der Waals surface area contributed by atoms with E-state index in [9.17, 15) is 33.5 Å². The number of benzene rings is 10. The predicted molar refractivity (Wildman–Crippen MR) is 524 cm³/mol. The summed E-state index contributed by atoms with van der Waals surface area (Å²) in [5, 5.41) is 81.0. The molecule has 20 rings (SSSR count). The molecule has 0 aliphatic heterocycles. The number of esters is 3. The first-order chi connectivity index (χ1) is 63.1. The van der Waals surface area contributed by atoms with Gasteiger partial charge in [-0.05, 0) is 239 Å². The smallest absolute Gasteiger partial charge is 0.549 e. The Morgan fingerprint density at radius 3 is 0.954 bits per heavy atom. The largest absolute Gasteiger partial charge is 1.00 e. The molecule has 131 heavy (non-hydrogen) atoms. The minimum Gasteiger partial charge on any atom is -0.549 e. The number of nitriles is 1. The first-order valence-corrected chi connectivity index (χ1v) is 48.3. The number of nitrogens with two attached hydrogens (primary N) is 2. The average Bonchev–Trinajstić information content (AvgIpc) is 1.63. The van der Waals surface area contributed by atoms with Crippen molar-refractivity contribution in [2.75, 3.05) is 68.3 Å². The fourth-order valence-electron chi connectivity index (χ4n) is 14.7. The number of fused-ring (bicyclic) bond motifs is 5. The van der Waals surface area contributed by atoms with E-state index >= 15 is 0 Å². The van der Waals surface area contributed by atoms with E-state index < -0.39 is 19.1 Å². The van der Waals surface area contributed by atoms with Crippen molar-refractivity contribution in [2.24, 2.45) is 0 Å². The number of aliphatic carboxylic acids is 2. The Hall–Kier alpha value is -9.89. The van der Waals surface area contributed by atoms with Gasteiger partial charge in [0.25, 0.3) is 0 Å². The Morgan fingerprint density at radius 2 is 0.710 bits per heavy atom. The van der Waals surface area contributed by atoms with Crippen LogP contribution >= 0.6 is 123 Å².